The predicted octanol–water partition coefficient (Wildman–Crippen LogP) is -0.415. The van der Waals surface area contributed by atoms with Gasteiger partial charge in [0.05, 0.1) is 0 Å². The van der Waals surface area contributed by atoms with Crippen LogP contribution in [0.4, 0.5) is 0 Å². The van der Waals surface area contributed by atoms with E-state index < -0.39 is 5.60 Å². The molecule has 0 saturated heterocycles. The molecular formula is C11H7NO2. The number of hydrogen-bond donors (Lipinski definition) is 0. The molecule has 0 radical (unpaired) electrons. The minimum absolute atomic E-state index is 0.256. The van der Waals surface area contributed by atoms with Gasteiger partial charge in [0, 0.05) is 0 Å². The Morgan fingerprint density at radius 3 is 2.29 bits per heavy atom. The Balaban J connectivity index is 2.28. The summed E-state index contributed by atoms with van der Waals surface area (Å²) in [5.41, 5.74) is -0.955. The van der Waals surface area contributed by atoms with Gasteiger partial charge in [0.25, 0.3) is 0 Å². The molecule has 0 bridgehead atoms. The number of hydrogen-bond acceptors (Lipinski definition) is 2. The normalized spacial score (nSPS) is 20.1. The molecule has 1 aromatic carbocycles. The van der Waals surface area contributed by atoms with Gasteiger partial charge in [0.2, 0.25) is 5.60 Å². The van der Waals surface area contributed by atoms with Crippen molar-refractivity contribution in [1.29, 1.82) is 0 Å². The third-order valence-electron chi connectivity index (χ3n) is 2.49. The van der Waals surface area contributed by atoms with E-state index in [1.807, 2.05) is 24.3 Å². The molecule has 1 aliphatic heterocycles. The molecule has 0 atom stereocenters. The SMILES string of the molecule is O=C1N=COC12C=c1ccccc1=C2. The Hall–Kier alpha value is -1.90. The Bertz CT molecular complexity index is 522. The summed E-state index contributed by atoms with van der Waals surface area (Å²) in [6.07, 6.45) is 4.82. The van der Waals surface area contributed by atoms with Gasteiger partial charge in [-0.3, -0.25) is 4.79 Å². The lowest BCUT2D eigenvalue weighted by Crippen LogP contribution is -2.29. The van der Waals surface area contributed by atoms with E-state index in [-0.39, 0.29) is 5.91 Å². The first-order chi connectivity index (χ1) is 6.80. The molecular weight excluding hydrogens is 178 g/mol. The molecule has 1 heterocycles. The minimum Gasteiger partial charge on any atom is -0.458 e. The highest BCUT2D eigenvalue weighted by Gasteiger charge is 2.40. The van der Waals surface area contributed by atoms with Gasteiger partial charge in [-0.05, 0) is 22.6 Å². The second-order valence-corrected chi connectivity index (χ2v) is 3.37. The fraction of sp³-hybridized carbons (Fsp3) is 0.0909. The van der Waals surface area contributed by atoms with Crippen LogP contribution in [-0.4, -0.2) is 17.9 Å². The summed E-state index contributed by atoms with van der Waals surface area (Å²) in [5, 5.41) is 2.04. The van der Waals surface area contributed by atoms with Crippen molar-refractivity contribution < 1.29 is 9.53 Å². The van der Waals surface area contributed by atoms with E-state index in [9.17, 15) is 4.79 Å². The molecule has 14 heavy (non-hydrogen) atoms. The van der Waals surface area contributed by atoms with Crippen LogP contribution in [-0.2, 0) is 9.53 Å². The van der Waals surface area contributed by atoms with Gasteiger partial charge in [-0.25, -0.2) is 0 Å². The maximum absolute atomic E-state index is 11.5. The second kappa shape index (κ2) is 2.32. The minimum atomic E-state index is -0.955. The first-order valence-electron chi connectivity index (χ1n) is 4.36. The van der Waals surface area contributed by atoms with Crippen molar-refractivity contribution in [2.75, 3.05) is 0 Å². The molecule has 3 heteroatoms. The number of aliphatic imine (C=N–C) groups is 1. The lowest BCUT2D eigenvalue weighted by Gasteiger charge is -2.13. The van der Waals surface area contributed by atoms with Crippen LogP contribution < -0.4 is 10.4 Å². The lowest BCUT2D eigenvalue weighted by atomic mass is 10.1. The van der Waals surface area contributed by atoms with Crippen LogP contribution >= 0.6 is 0 Å². The molecule has 0 aromatic heterocycles. The Labute approximate surface area is 80.0 Å². The van der Waals surface area contributed by atoms with Gasteiger partial charge in [-0.2, -0.15) is 4.99 Å². The fourth-order valence-corrected chi connectivity index (χ4v) is 1.78. The molecule has 1 aliphatic carbocycles. The Kier molecular flexibility index (Phi) is 1.24. The smallest absolute Gasteiger partial charge is 0.300 e. The van der Waals surface area contributed by atoms with Crippen molar-refractivity contribution in [3.05, 3.63) is 34.7 Å². The van der Waals surface area contributed by atoms with Gasteiger partial charge in [0.15, 0.2) is 6.40 Å². The van der Waals surface area contributed by atoms with Crippen LogP contribution in [0.1, 0.15) is 0 Å². The lowest BCUT2D eigenvalue weighted by molar-refractivity contribution is -0.122. The molecule has 2 aliphatic rings. The highest BCUT2D eigenvalue weighted by Crippen LogP contribution is 2.22. The van der Waals surface area contributed by atoms with Crippen LogP contribution in [0, 0.1) is 0 Å². The summed E-state index contributed by atoms with van der Waals surface area (Å²) in [7, 11) is 0. The second-order valence-electron chi connectivity index (χ2n) is 3.37. The van der Waals surface area contributed by atoms with E-state index in [1.165, 1.54) is 6.40 Å². The van der Waals surface area contributed by atoms with Crippen molar-refractivity contribution >= 4 is 24.5 Å². The number of carbonyl (C=O) groups excluding carboxylic acids is 1. The van der Waals surface area contributed by atoms with E-state index >= 15 is 0 Å². The summed E-state index contributed by atoms with van der Waals surface area (Å²) in [4.78, 5) is 15.1. The molecule has 0 fully saturated rings. The van der Waals surface area contributed by atoms with Gasteiger partial charge >= 0.3 is 5.91 Å². The average molecular weight is 185 g/mol. The molecule has 1 aromatic rings. The number of ether oxygens (including phenoxy) is 1. The quantitative estimate of drug-likeness (QED) is 0.551. The van der Waals surface area contributed by atoms with Crippen molar-refractivity contribution in [3.8, 4) is 0 Å². The van der Waals surface area contributed by atoms with Crippen molar-refractivity contribution in [2.24, 2.45) is 4.99 Å². The van der Waals surface area contributed by atoms with Gasteiger partial charge < -0.3 is 4.74 Å². The van der Waals surface area contributed by atoms with E-state index in [0.717, 1.165) is 10.4 Å². The third-order valence-corrected chi connectivity index (χ3v) is 2.49. The molecule has 0 saturated carbocycles. The van der Waals surface area contributed by atoms with Crippen LogP contribution in [0.15, 0.2) is 29.3 Å². The van der Waals surface area contributed by atoms with Gasteiger partial charge in [-0.1, -0.05) is 24.3 Å². The number of rotatable bonds is 0. The number of carbonyl (C=O) groups is 1. The van der Waals surface area contributed by atoms with E-state index in [4.69, 9.17) is 4.74 Å². The zero-order valence-corrected chi connectivity index (χ0v) is 7.31. The van der Waals surface area contributed by atoms with E-state index in [2.05, 4.69) is 4.99 Å². The largest absolute Gasteiger partial charge is 0.458 e. The Morgan fingerprint density at radius 1 is 1.14 bits per heavy atom. The monoisotopic (exact) mass is 185 g/mol. The Morgan fingerprint density at radius 2 is 1.79 bits per heavy atom. The maximum Gasteiger partial charge on any atom is 0.300 e. The highest BCUT2D eigenvalue weighted by atomic mass is 16.5. The van der Waals surface area contributed by atoms with Crippen molar-refractivity contribution in [3.63, 3.8) is 0 Å². The van der Waals surface area contributed by atoms with Gasteiger partial charge in [-0.15, -0.1) is 0 Å². The maximum atomic E-state index is 11.5. The zero-order chi connectivity index (χ0) is 9.60. The summed E-state index contributed by atoms with van der Waals surface area (Å²) in [5.74, 6) is -0.256. The van der Waals surface area contributed by atoms with Crippen LogP contribution in [0.2, 0.25) is 0 Å². The van der Waals surface area contributed by atoms with E-state index in [1.54, 1.807) is 12.2 Å². The van der Waals surface area contributed by atoms with Crippen molar-refractivity contribution in [1.82, 2.24) is 0 Å². The molecule has 0 N–H and O–H groups in total. The first-order valence-corrected chi connectivity index (χ1v) is 4.36. The molecule has 3 rings (SSSR count). The van der Waals surface area contributed by atoms with Crippen molar-refractivity contribution in [2.45, 2.75) is 5.60 Å². The first kappa shape index (κ1) is 7.50. The topological polar surface area (TPSA) is 38.7 Å². The van der Waals surface area contributed by atoms with Crippen LogP contribution in [0.3, 0.4) is 0 Å². The highest BCUT2D eigenvalue weighted by molar-refractivity contribution is 6.07. The summed E-state index contributed by atoms with van der Waals surface area (Å²) in [6, 6.07) is 7.77. The molecule has 68 valence electrons. The zero-order valence-electron chi connectivity index (χ0n) is 7.31. The third kappa shape index (κ3) is 0.812. The number of amides is 1. The van der Waals surface area contributed by atoms with E-state index in [0.29, 0.717) is 0 Å². The molecule has 1 amide bonds. The molecule has 3 nitrogen and oxygen atoms in total. The standard InChI is InChI=1S/C11H7NO2/c13-10-11(14-7-12-10)5-8-3-1-2-4-9(8)6-11/h1-7H. The van der Waals surface area contributed by atoms with Gasteiger partial charge in [0.1, 0.15) is 0 Å². The fourth-order valence-electron chi connectivity index (χ4n) is 1.78. The number of nitrogens with zero attached hydrogens (tertiary/aromatic N) is 1. The van der Waals surface area contributed by atoms with Crippen LogP contribution in [0.5, 0.6) is 0 Å². The summed E-state index contributed by atoms with van der Waals surface area (Å²) in [6.45, 7) is 0. The number of benzene rings is 1. The van der Waals surface area contributed by atoms with Crippen LogP contribution in [0.25, 0.3) is 12.2 Å². The average Bonchev–Trinajstić information content (AvgIpc) is 2.71. The number of fused-ring (bicyclic) bond motifs is 1. The summed E-state index contributed by atoms with van der Waals surface area (Å²) >= 11 is 0. The molecule has 1 spiro atoms. The predicted molar refractivity (Wildman–Crippen MR) is 51.9 cm³/mol. The molecule has 0 unspecified atom stereocenters. The summed E-state index contributed by atoms with van der Waals surface area (Å²) < 4.78 is 5.24.